The fourth-order valence-corrected chi connectivity index (χ4v) is 19.6. The molecule has 10 rings (SSSR count). The molecule has 318 valence electrons. The van der Waals surface area contributed by atoms with Crippen LogP contribution in [0, 0.1) is 0 Å². The van der Waals surface area contributed by atoms with Crippen molar-refractivity contribution < 1.29 is 46.1 Å². The topological polar surface area (TPSA) is 0 Å². The van der Waals surface area contributed by atoms with E-state index < -0.39 is 21.3 Å². The van der Waals surface area contributed by atoms with Gasteiger partial charge >= 0.3 is 379 Å². The predicted octanol–water partition coefficient (Wildman–Crippen LogP) is 10.1. The molecule has 8 aromatic rings. The number of hydrogen-bond donors (Lipinski definition) is 0. The summed E-state index contributed by atoms with van der Waals surface area (Å²) in [4.78, 5) is 0. The largest absolute Gasteiger partial charge is 1.00 e. The normalized spacial score (nSPS) is 13.1. The zero-order valence-corrected chi connectivity index (χ0v) is 41.8. The molecular formula is C61H56Cl2Zr. The molecule has 0 N–H and O–H groups in total. The second-order valence-electron chi connectivity index (χ2n) is 19.6. The molecule has 0 saturated heterocycles. The van der Waals surface area contributed by atoms with Gasteiger partial charge in [-0.2, -0.15) is 0 Å². The van der Waals surface area contributed by atoms with Crippen molar-refractivity contribution in [1.82, 2.24) is 0 Å². The van der Waals surface area contributed by atoms with Crippen molar-refractivity contribution in [3.05, 3.63) is 225 Å². The minimum atomic E-state index is -2.90. The van der Waals surface area contributed by atoms with Crippen molar-refractivity contribution in [1.29, 1.82) is 0 Å². The fourth-order valence-electron chi connectivity index (χ4n) is 10.5. The third-order valence-corrected chi connectivity index (χ3v) is 21.7. The molecule has 0 unspecified atom stereocenters. The summed E-state index contributed by atoms with van der Waals surface area (Å²) in [6, 6.07) is 65.1. The fraction of sp³-hybridized carbons (Fsp3) is 0.197. The van der Waals surface area contributed by atoms with Crippen molar-refractivity contribution in [2.75, 3.05) is 0 Å². The zero-order chi connectivity index (χ0) is 42.6. The summed E-state index contributed by atoms with van der Waals surface area (Å²) in [7, 11) is 0. The Labute approximate surface area is 401 Å². The van der Waals surface area contributed by atoms with Crippen LogP contribution >= 0.6 is 0 Å². The molecule has 0 bridgehead atoms. The first kappa shape index (κ1) is 45.7. The quantitative estimate of drug-likeness (QED) is 0.142. The molecule has 2 aliphatic carbocycles. The Kier molecular flexibility index (Phi) is 13.2. The first-order chi connectivity index (χ1) is 30.0. The standard InChI is InChI=1S/C41H37.C15H14.C5H5.2ClH.Zr/c1-40(2,3)38-24-34-28(22-36(38)32-19-11-15-26-13-7-9-17-30(26)32)21-29-23-37(39(25-35(29)34)41(4,5)6)33-20-12-16-27-14-8-10-18-31(27)33;1-3-8-14(9-4-1)12-7-13-15-10-5-2-6-11-15;1-2-4-5-3-1;;;/h7-25H,1-6H3;1-6,8-11H,12-13H2;1-3H,4H2;2*1H;/q;;;;;+2/p-2. The van der Waals surface area contributed by atoms with Gasteiger partial charge in [-0.25, -0.2) is 0 Å². The molecule has 0 fully saturated rings. The van der Waals surface area contributed by atoms with Crippen LogP contribution < -0.4 is 24.8 Å². The number of benzene rings is 8. The van der Waals surface area contributed by atoms with Crippen molar-refractivity contribution in [3.63, 3.8) is 0 Å². The van der Waals surface area contributed by atoms with E-state index in [1.54, 1.807) is 6.49 Å². The molecule has 0 aromatic heterocycles. The first-order valence-corrected chi connectivity index (χ1v) is 26.4. The van der Waals surface area contributed by atoms with Gasteiger partial charge < -0.3 is 24.8 Å². The molecule has 0 amide bonds. The van der Waals surface area contributed by atoms with Crippen LogP contribution in [0.25, 0.3) is 54.9 Å². The average molecular weight is 951 g/mol. The van der Waals surface area contributed by atoms with Crippen LogP contribution in [0.3, 0.4) is 0 Å². The van der Waals surface area contributed by atoms with E-state index in [1.165, 1.54) is 88.3 Å². The number of rotatable bonds is 8. The summed E-state index contributed by atoms with van der Waals surface area (Å²) in [5.74, 6) is 0. The Morgan fingerprint density at radius 1 is 0.469 bits per heavy atom. The van der Waals surface area contributed by atoms with E-state index >= 15 is 0 Å². The maximum absolute atomic E-state index is 2.90. The van der Waals surface area contributed by atoms with E-state index in [0.717, 1.165) is 19.3 Å². The van der Waals surface area contributed by atoms with Crippen molar-refractivity contribution >= 4 is 24.8 Å². The van der Waals surface area contributed by atoms with Crippen LogP contribution in [0.2, 0.25) is 0 Å². The molecule has 0 radical (unpaired) electrons. The number of fused-ring (bicyclic) bond motifs is 5. The summed E-state index contributed by atoms with van der Waals surface area (Å²) in [5.41, 5.74) is 16.9. The van der Waals surface area contributed by atoms with Gasteiger partial charge in [0.25, 0.3) is 0 Å². The van der Waals surface area contributed by atoms with E-state index in [9.17, 15) is 0 Å². The van der Waals surface area contributed by atoms with Crippen LogP contribution in [0.4, 0.5) is 0 Å². The third-order valence-electron chi connectivity index (χ3n) is 13.4. The molecule has 0 nitrogen and oxygen atoms in total. The Balaban J connectivity index is 0.00000280. The van der Waals surface area contributed by atoms with Gasteiger partial charge in [-0.15, -0.1) is 0 Å². The Bertz CT molecular complexity index is 2900. The van der Waals surface area contributed by atoms with Gasteiger partial charge in [-0.3, -0.25) is 0 Å². The van der Waals surface area contributed by atoms with E-state index in [1.807, 2.05) is 0 Å². The summed E-state index contributed by atoms with van der Waals surface area (Å²) < 4.78 is 3.78. The van der Waals surface area contributed by atoms with Gasteiger partial charge in [0.15, 0.2) is 0 Å². The van der Waals surface area contributed by atoms with Crippen LogP contribution in [-0.2, 0) is 44.9 Å². The molecule has 0 aliphatic heterocycles. The molecule has 64 heavy (non-hydrogen) atoms. The number of hydrogen-bond acceptors (Lipinski definition) is 0. The van der Waals surface area contributed by atoms with E-state index in [2.05, 4.69) is 230 Å². The number of halogens is 2. The van der Waals surface area contributed by atoms with Crippen LogP contribution in [0.5, 0.6) is 0 Å². The Hall–Kier alpha value is -4.91. The summed E-state index contributed by atoms with van der Waals surface area (Å²) in [6.07, 6.45) is 10.4. The molecule has 0 saturated carbocycles. The van der Waals surface area contributed by atoms with E-state index in [0.29, 0.717) is 3.63 Å². The Morgan fingerprint density at radius 2 is 0.891 bits per heavy atom. The third kappa shape index (κ3) is 8.65. The minimum absolute atomic E-state index is 0. The van der Waals surface area contributed by atoms with Crippen molar-refractivity contribution in [2.45, 2.75) is 75.3 Å². The van der Waals surface area contributed by atoms with Crippen molar-refractivity contribution in [3.8, 4) is 33.4 Å². The molecule has 0 spiro atoms. The van der Waals surface area contributed by atoms with Crippen molar-refractivity contribution in [2.24, 2.45) is 0 Å². The smallest absolute Gasteiger partial charge is 1.00 e. The predicted molar refractivity (Wildman–Crippen MR) is 264 cm³/mol. The Morgan fingerprint density at radius 3 is 1.31 bits per heavy atom. The molecule has 2 aliphatic rings. The van der Waals surface area contributed by atoms with E-state index in [4.69, 9.17) is 0 Å². The average Bonchev–Trinajstić information content (AvgIpc) is 3.92. The monoisotopic (exact) mass is 948 g/mol. The van der Waals surface area contributed by atoms with Gasteiger partial charge in [0, 0.05) is 0 Å². The number of allylic oxidation sites excluding steroid dienone is 4. The van der Waals surface area contributed by atoms with Gasteiger partial charge in [-0.1, -0.05) is 0 Å². The molecule has 8 aromatic carbocycles. The first-order valence-electron chi connectivity index (χ1n) is 22.5. The van der Waals surface area contributed by atoms with Gasteiger partial charge in [0.05, 0.1) is 0 Å². The molecule has 0 heterocycles. The maximum Gasteiger partial charge on any atom is -1.00 e. The summed E-state index contributed by atoms with van der Waals surface area (Å²) in [5, 5.41) is 5.23. The molecule has 0 atom stereocenters. The SMILES string of the molecule is CC(C)(C)c1cc2c(cc1-c1cccc3ccccc13)[CH]([Zr+2]([C]1=CC=CC1)=[C](Cc1ccccc1)Cc1ccccc1)c1cc(-c3cccc4ccccc34)c(C(C)(C)C)cc1-2.[Cl-].[Cl-]. The molecular weight excluding hydrogens is 895 g/mol. The second-order valence-corrected chi connectivity index (χ2v) is 26.4. The zero-order valence-electron chi connectivity index (χ0n) is 37.9. The summed E-state index contributed by atoms with van der Waals surface area (Å²) in [6.45, 7) is 14.4. The van der Waals surface area contributed by atoms with Gasteiger partial charge in [0.2, 0.25) is 0 Å². The van der Waals surface area contributed by atoms with E-state index in [-0.39, 0.29) is 35.6 Å². The van der Waals surface area contributed by atoms with Crippen LogP contribution in [-0.4, -0.2) is 3.21 Å². The summed E-state index contributed by atoms with van der Waals surface area (Å²) >= 11 is -2.90. The minimum Gasteiger partial charge on any atom is -1.00 e. The van der Waals surface area contributed by atoms with Gasteiger partial charge in [0.1, 0.15) is 0 Å². The van der Waals surface area contributed by atoms with Crippen LogP contribution in [0.15, 0.2) is 191 Å². The van der Waals surface area contributed by atoms with Gasteiger partial charge in [-0.05, 0) is 0 Å². The van der Waals surface area contributed by atoms with Crippen LogP contribution in [0.1, 0.15) is 85.0 Å². The second kappa shape index (κ2) is 18.5. The maximum atomic E-state index is 2.70. The molecule has 3 heteroatoms.